The van der Waals surface area contributed by atoms with Crippen LogP contribution in [0.5, 0.6) is 11.5 Å². The maximum absolute atomic E-state index is 13.2. The van der Waals surface area contributed by atoms with E-state index in [0.717, 1.165) is 35.0 Å². The molecule has 31 heavy (non-hydrogen) atoms. The summed E-state index contributed by atoms with van der Waals surface area (Å²) in [5.41, 5.74) is 1.75. The molecule has 0 bridgehead atoms. The van der Waals surface area contributed by atoms with Gasteiger partial charge in [-0.15, -0.1) is 17.9 Å². The minimum Gasteiger partial charge on any atom is -0.486 e. The molecular weight excluding hydrogens is 434 g/mol. The second kappa shape index (κ2) is 8.39. The largest absolute Gasteiger partial charge is 0.486 e. The summed E-state index contributed by atoms with van der Waals surface area (Å²) in [5.74, 6) is 1.24. The molecule has 0 spiro atoms. The Balaban J connectivity index is 1.35. The lowest BCUT2D eigenvalue weighted by Crippen LogP contribution is -2.24. The van der Waals surface area contributed by atoms with Gasteiger partial charge in [0, 0.05) is 23.2 Å². The molecule has 1 N–H and O–H groups in total. The number of anilines is 1. The Kier molecular flexibility index (Phi) is 5.45. The molecule has 0 saturated heterocycles. The number of benzene rings is 1. The number of ether oxygens (including phenoxy) is 2. The van der Waals surface area contributed by atoms with E-state index >= 15 is 0 Å². The van der Waals surface area contributed by atoms with E-state index in [9.17, 15) is 9.59 Å². The van der Waals surface area contributed by atoms with E-state index in [1.807, 2.05) is 0 Å². The van der Waals surface area contributed by atoms with E-state index in [2.05, 4.69) is 11.9 Å². The number of thiophene rings is 1. The third kappa shape index (κ3) is 3.83. The molecule has 0 saturated carbocycles. The summed E-state index contributed by atoms with van der Waals surface area (Å²) in [7, 11) is 0. The highest BCUT2D eigenvalue weighted by Gasteiger charge is 2.23. The number of thioether (sulfide) groups is 1. The summed E-state index contributed by atoms with van der Waals surface area (Å²) in [6.45, 7) is 5.14. The number of hydrogen-bond acceptors (Lipinski definition) is 7. The minimum absolute atomic E-state index is 0.0426. The summed E-state index contributed by atoms with van der Waals surface area (Å²) < 4.78 is 12.7. The van der Waals surface area contributed by atoms with Crippen molar-refractivity contribution in [3.8, 4) is 11.5 Å². The highest BCUT2D eigenvalue weighted by Crippen LogP contribution is 2.36. The molecule has 5 rings (SSSR count). The number of allylic oxidation sites excluding steroid dienone is 1. The van der Waals surface area contributed by atoms with Gasteiger partial charge in [-0.2, -0.15) is 0 Å². The van der Waals surface area contributed by atoms with Gasteiger partial charge in [0.25, 0.3) is 5.56 Å². The van der Waals surface area contributed by atoms with Gasteiger partial charge in [0.15, 0.2) is 16.7 Å². The number of carbonyl (C=O) groups is 1. The fourth-order valence-corrected chi connectivity index (χ4v) is 6.02. The van der Waals surface area contributed by atoms with Crippen LogP contribution < -0.4 is 20.3 Å². The average Bonchev–Trinajstić information content (AvgIpc) is 3.35. The predicted octanol–water partition coefficient (Wildman–Crippen LogP) is 3.63. The lowest BCUT2D eigenvalue weighted by molar-refractivity contribution is -0.113. The van der Waals surface area contributed by atoms with Gasteiger partial charge in [-0.1, -0.05) is 17.8 Å². The lowest BCUT2D eigenvalue weighted by atomic mass is 10.2. The van der Waals surface area contributed by atoms with Crippen LogP contribution in [-0.2, 0) is 24.2 Å². The molecule has 2 aromatic heterocycles. The molecule has 0 fully saturated rings. The van der Waals surface area contributed by atoms with Gasteiger partial charge >= 0.3 is 0 Å². The van der Waals surface area contributed by atoms with Crippen LogP contribution in [0.1, 0.15) is 16.9 Å². The molecule has 3 heterocycles. The first-order chi connectivity index (χ1) is 15.1. The van der Waals surface area contributed by atoms with E-state index in [1.165, 1.54) is 16.6 Å². The molecule has 1 aliphatic heterocycles. The van der Waals surface area contributed by atoms with Crippen LogP contribution >= 0.6 is 23.1 Å². The number of amides is 1. The fraction of sp³-hybridized carbons (Fsp3) is 0.318. The molecule has 0 radical (unpaired) electrons. The first-order valence-electron chi connectivity index (χ1n) is 10.1. The predicted molar refractivity (Wildman–Crippen MR) is 123 cm³/mol. The van der Waals surface area contributed by atoms with Crippen LogP contribution in [0.2, 0.25) is 0 Å². The lowest BCUT2D eigenvalue weighted by Gasteiger charge is -2.19. The number of carbonyl (C=O) groups excluding carboxylic acids is 1. The zero-order chi connectivity index (χ0) is 21.4. The van der Waals surface area contributed by atoms with Crippen molar-refractivity contribution in [3.05, 3.63) is 51.6 Å². The molecule has 7 nitrogen and oxygen atoms in total. The van der Waals surface area contributed by atoms with Crippen molar-refractivity contribution in [2.45, 2.75) is 31.0 Å². The van der Waals surface area contributed by atoms with Crippen LogP contribution in [0.15, 0.2) is 40.8 Å². The molecule has 0 atom stereocenters. The van der Waals surface area contributed by atoms with E-state index in [-0.39, 0.29) is 17.2 Å². The molecule has 9 heteroatoms. The van der Waals surface area contributed by atoms with Gasteiger partial charge in [0.1, 0.15) is 18.0 Å². The van der Waals surface area contributed by atoms with Crippen LogP contribution in [-0.4, -0.2) is 34.4 Å². The summed E-state index contributed by atoms with van der Waals surface area (Å²) in [5, 5.41) is 4.15. The van der Waals surface area contributed by atoms with Gasteiger partial charge in [-0.25, -0.2) is 4.98 Å². The summed E-state index contributed by atoms with van der Waals surface area (Å²) in [6, 6.07) is 5.31. The van der Waals surface area contributed by atoms with Gasteiger partial charge in [0.05, 0.1) is 11.1 Å². The van der Waals surface area contributed by atoms with Crippen LogP contribution in [0.25, 0.3) is 10.2 Å². The number of rotatable bonds is 6. The van der Waals surface area contributed by atoms with Crippen molar-refractivity contribution in [1.82, 2.24) is 9.55 Å². The monoisotopic (exact) mass is 455 g/mol. The van der Waals surface area contributed by atoms with Gasteiger partial charge in [-0.05, 0) is 37.0 Å². The Morgan fingerprint density at radius 1 is 1.29 bits per heavy atom. The molecule has 1 aliphatic carbocycles. The third-order valence-electron chi connectivity index (χ3n) is 5.26. The highest BCUT2D eigenvalue weighted by molar-refractivity contribution is 7.99. The smallest absolute Gasteiger partial charge is 0.263 e. The van der Waals surface area contributed by atoms with Gasteiger partial charge < -0.3 is 14.8 Å². The number of hydrogen-bond donors (Lipinski definition) is 1. The number of aryl methyl sites for hydroxylation is 2. The van der Waals surface area contributed by atoms with E-state index in [4.69, 9.17) is 14.5 Å². The second-order valence-corrected chi connectivity index (χ2v) is 9.36. The molecule has 1 aromatic carbocycles. The standard InChI is InChI=1S/C22H21N3O4S2/c1-2-8-25-21(27)19-14-4-3-5-17(14)31-20(19)24-22(25)30-12-18(26)23-13-6-7-15-16(11-13)29-10-9-28-15/h2,6-7,11H,1,3-5,8-10,12H2,(H,23,26). The number of fused-ring (bicyclic) bond motifs is 4. The molecule has 160 valence electrons. The molecule has 3 aromatic rings. The van der Waals surface area contributed by atoms with Crippen LogP contribution in [0.3, 0.4) is 0 Å². The minimum atomic E-state index is -0.185. The Hall–Kier alpha value is -2.78. The van der Waals surface area contributed by atoms with Gasteiger partial charge in [-0.3, -0.25) is 14.2 Å². The second-order valence-electron chi connectivity index (χ2n) is 7.33. The number of aromatic nitrogens is 2. The molecule has 2 aliphatic rings. The van der Waals surface area contributed by atoms with Crippen molar-refractivity contribution in [3.63, 3.8) is 0 Å². The highest BCUT2D eigenvalue weighted by atomic mass is 32.2. The fourth-order valence-electron chi connectivity index (χ4n) is 3.91. The van der Waals surface area contributed by atoms with Crippen molar-refractivity contribution in [2.24, 2.45) is 0 Å². The zero-order valence-corrected chi connectivity index (χ0v) is 18.4. The number of nitrogens with one attached hydrogen (secondary N) is 1. The first kappa shape index (κ1) is 20.1. The van der Waals surface area contributed by atoms with Crippen molar-refractivity contribution in [1.29, 1.82) is 0 Å². The van der Waals surface area contributed by atoms with Crippen molar-refractivity contribution in [2.75, 3.05) is 24.3 Å². The third-order valence-corrected chi connectivity index (χ3v) is 7.42. The Labute approximate surface area is 187 Å². The summed E-state index contributed by atoms with van der Waals surface area (Å²) in [6.07, 6.45) is 4.72. The van der Waals surface area contributed by atoms with E-state index in [0.29, 0.717) is 42.1 Å². The molecule has 0 unspecified atom stereocenters. The quantitative estimate of drug-likeness (QED) is 0.347. The Morgan fingerprint density at radius 2 is 2.13 bits per heavy atom. The number of nitrogens with zero attached hydrogens (tertiary/aromatic N) is 2. The van der Waals surface area contributed by atoms with E-state index in [1.54, 1.807) is 40.2 Å². The van der Waals surface area contributed by atoms with Gasteiger partial charge in [0.2, 0.25) is 5.91 Å². The Morgan fingerprint density at radius 3 is 2.97 bits per heavy atom. The average molecular weight is 456 g/mol. The molecular formula is C22H21N3O4S2. The zero-order valence-electron chi connectivity index (χ0n) is 16.8. The summed E-state index contributed by atoms with van der Waals surface area (Å²) >= 11 is 2.86. The summed E-state index contributed by atoms with van der Waals surface area (Å²) in [4.78, 5) is 32.5. The SMILES string of the molecule is C=CCn1c(SCC(=O)Nc2ccc3c(c2)OCCO3)nc2sc3c(c2c1=O)CCC3. The maximum atomic E-state index is 13.2. The first-order valence-corrected chi connectivity index (χ1v) is 11.9. The van der Waals surface area contributed by atoms with Crippen LogP contribution in [0.4, 0.5) is 5.69 Å². The normalized spacial score (nSPS) is 14.5. The van der Waals surface area contributed by atoms with E-state index < -0.39 is 0 Å². The Bertz CT molecular complexity index is 1250. The molecule has 1 amide bonds. The topological polar surface area (TPSA) is 82.5 Å². The van der Waals surface area contributed by atoms with Crippen LogP contribution in [0, 0.1) is 0 Å². The van der Waals surface area contributed by atoms with Crippen molar-refractivity contribution < 1.29 is 14.3 Å². The van der Waals surface area contributed by atoms with Crippen molar-refractivity contribution >= 4 is 44.9 Å². The maximum Gasteiger partial charge on any atom is 0.263 e.